The van der Waals surface area contributed by atoms with Crippen molar-refractivity contribution in [2.24, 2.45) is 0 Å². The number of para-hydroxylation sites is 1. The van der Waals surface area contributed by atoms with E-state index in [-0.39, 0.29) is 30.4 Å². The lowest BCUT2D eigenvalue weighted by molar-refractivity contribution is -0.147. The molecule has 2 saturated heterocycles. The first-order valence-electron chi connectivity index (χ1n) is 13.6. The zero-order valence-electron chi connectivity index (χ0n) is 23.6. The summed E-state index contributed by atoms with van der Waals surface area (Å²) in [5, 5.41) is 10.3. The molecule has 2 aliphatic rings. The van der Waals surface area contributed by atoms with Crippen molar-refractivity contribution in [1.29, 1.82) is 0 Å². The quantitative estimate of drug-likeness (QED) is 0.303. The van der Waals surface area contributed by atoms with Crippen molar-refractivity contribution in [2.75, 3.05) is 13.7 Å². The Morgan fingerprint density at radius 3 is 2.74 bits per heavy atom. The minimum atomic E-state index is -1.83. The van der Waals surface area contributed by atoms with E-state index in [1.807, 2.05) is 24.3 Å². The Labute approximate surface area is 244 Å². The number of carbonyl (C=O) groups is 1. The molecule has 4 aromatic rings. The second-order valence-electron chi connectivity index (χ2n) is 11.0. The molecular formula is C29H31N3O9S. The highest BCUT2D eigenvalue weighted by atomic mass is 32.1. The fourth-order valence-corrected chi connectivity index (χ4v) is 6.89. The van der Waals surface area contributed by atoms with Gasteiger partial charge in [-0.25, -0.2) is 19.1 Å². The van der Waals surface area contributed by atoms with E-state index < -0.39 is 28.9 Å². The molecule has 2 fully saturated rings. The number of aryl methyl sites for hydroxylation is 1. The van der Waals surface area contributed by atoms with Crippen LogP contribution in [0.5, 0.6) is 5.75 Å². The van der Waals surface area contributed by atoms with Gasteiger partial charge < -0.3 is 28.5 Å². The van der Waals surface area contributed by atoms with E-state index in [2.05, 4.69) is 4.98 Å². The average Bonchev–Trinajstić information content (AvgIpc) is 3.69. The van der Waals surface area contributed by atoms with Gasteiger partial charge in [-0.3, -0.25) is 9.36 Å². The van der Waals surface area contributed by atoms with Crippen molar-refractivity contribution in [3.63, 3.8) is 0 Å². The number of oxazole rings is 1. The van der Waals surface area contributed by atoms with Crippen molar-refractivity contribution in [3.05, 3.63) is 68.7 Å². The van der Waals surface area contributed by atoms with Gasteiger partial charge in [-0.15, -0.1) is 11.3 Å². The van der Waals surface area contributed by atoms with Crippen LogP contribution in [-0.4, -0.2) is 57.4 Å². The monoisotopic (exact) mass is 597 g/mol. The molecule has 4 unspecified atom stereocenters. The third-order valence-corrected chi connectivity index (χ3v) is 9.21. The zero-order chi connectivity index (χ0) is 29.8. The van der Waals surface area contributed by atoms with Gasteiger partial charge in [-0.1, -0.05) is 18.2 Å². The Morgan fingerprint density at radius 2 is 2.05 bits per heavy atom. The van der Waals surface area contributed by atoms with E-state index in [1.165, 1.54) is 42.2 Å². The minimum absolute atomic E-state index is 0.0236. The van der Waals surface area contributed by atoms with Crippen LogP contribution < -0.4 is 16.0 Å². The minimum Gasteiger partial charge on any atom is -0.496 e. The number of benzene rings is 1. The first kappa shape index (κ1) is 28.3. The number of hydrogen-bond acceptors (Lipinski definition) is 10. The van der Waals surface area contributed by atoms with Crippen LogP contribution in [0, 0.1) is 6.92 Å². The van der Waals surface area contributed by atoms with Crippen molar-refractivity contribution in [3.8, 4) is 16.5 Å². The smallest absolute Gasteiger partial charge is 0.333 e. The Hall–Kier alpha value is -3.78. The first-order chi connectivity index (χ1) is 20.1. The van der Waals surface area contributed by atoms with Crippen LogP contribution in [-0.2, 0) is 31.1 Å². The SMILES string of the molecule is COc1ccccc1C(Cn1c(=O)n(C(C)(C)C(=O)O)c(=O)c2c(C)c(-c3ncco3)sc21)OC1CC2COC(C1)O2. The highest BCUT2D eigenvalue weighted by Gasteiger charge is 2.39. The van der Waals surface area contributed by atoms with Crippen LogP contribution in [0.1, 0.15) is 43.9 Å². The number of hydrogen-bond donors (Lipinski definition) is 1. The molecule has 6 rings (SSSR count). The maximum Gasteiger partial charge on any atom is 0.333 e. The standard InChI is InChI=1S/C29H31N3O9S/c1-15-22-25(33)32(29(2,3)27(34)35)28(36)31(26(22)42-23(15)24-30-9-10-38-24)13-20(18-7-5-6-8-19(18)37-4)40-16-11-17-14-39-21(12-16)41-17/h5-10,16-17,20-21H,11-14H2,1-4H3,(H,34,35). The average molecular weight is 598 g/mol. The normalized spacial score (nSPS) is 21.1. The van der Waals surface area contributed by atoms with Crippen LogP contribution in [0.15, 0.2) is 50.7 Å². The summed E-state index contributed by atoms with van der Waals surface area (Å²) < 4.78 is 31.6. The van der Waals surface area contributed by atoms with E-state index in [9.17, 15) is 19.5 Å². The number of ether oxygens (including phenoxy) is 4. The number of carboxylic acids is 1. The summed E-state index contributed by atoms with van der Waals surface area (Å²) in [6.45, 7) is 4.87. The molecular weight excluding hydrogens is 566 g/mol. The van der Waals surface area contributed by atoms with Gasteiger partial charge in [0.2, 0.25) is 5.89 Å². The van der Waals surface area contributed by atoms with Gasteiger partial charge in [-0.2, -0.15) is 0 Å². The van der Waals surface area contributed by atoms with Crippen molar-refractivity contribution in [1.82, 2.24) is 14.1 Å². The largest absolute Gasteiger partial charge is 0.496 e. The Bertz CT molecular complexity index is 1740. The van der Waals surface area contributed by atoms with E-state index in [4.69, 9.17) is 23.4 Å². The molecule has 5 heterocycles. The lowest BCUT2D eigenvalue weighted by atomic mass is 10.0. The van der Waals surface area contributed by atoms with Crippen molar-refractivity contribution >= 4 is 27.5 Å². The van der Waals surface area contributed by atoms with Crippen LogP contribution in [0.25, 0.3) is 21.0 Å². The molecule has 0 aliphatic carbocycles. The van der Waals surface area contributed by atoms with Crippen molar-refractivity contribution < 1.29 is 33.3 Å². The number of methoxy groups -OCH3 is 1. The molecule has 0 saturated carbocycles. The third-order valence-electron chi connectivity index (χ3n) is 7.91. The molecule has 12 nitrogen and oxygen atoms in total. The molecule has 0 radical (unpaired) electrons. The lowest BCUT2D eigenvalue weighted by Gasteiger charge is -2.31. The summed E-state index contributed by atoms with van der Waals surface area (Å²) in [6.07, 6.45) is 2.69. The molecule has 1 N–H and O–H groups in total. The number of nitrogens with zero attached hydrogens (tertiary/aromatic N) is 3. The molecule has 0 spiro atoms. The Kier molecular flexibility index (Phi) is 7.29. The first-order valence-corrected chi connectivity index (χ1v) is 14.4. The number of aromatic nitrogens is 3. The Morgan fingerprint density at radius 1 is 1.26 bits per heavy atom. The topological polar surface area (TPSA) is 144 Å². The molecule has 13 heteroatoms. The van der Waals surface area contributed by atoms with E-state index in [0.717, 1.165) is 4.57 Å². The van der Waals surface area contributed by atoms with Gasteiger partial charge in [0, 0.05) is 18.4 Å². The van der Waals surface area contributed by atoms with Crippen LogP contribution >= 0.6 is 11.3 Å². The highest BCUT2D eigenvalue weighted by molar-refractivity contribution is 7.22. The number of carboxylic acid groups (broad SMARTS) is 1. The van der Waals surface area contributed by atoms with Gasteiger partial charge >= 0.3 is 11.7 Å². The third kappa shape index (κ3) is 4.75. The van der Waals surface area contributed by atoms with E-state index in [0.29, 0.717) is 51.9 Å². The fraction of sp³-hybridized carbons (Fsp3) is 0.448. The lowest BCUT2D eigenvalue weighted by Crippen LogP contribution is -2.52. The molecule has 2 aliphatic heterocycles. The summed E-state index contributed by atoms with van der Waals surface area (Å²) in [7, 11) is 1.56. The summed E-state index contributed by atoms with van der Waals surface area (Å²) in [4.78, 5) is 45.6. The maximum absolute atomic E-state index is 14.2. The second-order valence-corrected chi connectivity index (χ2v) is 12.0. The van der Waals surface area contributed by atoms with Crippen molar-refractivity contribution in [2.45, 2.75) is 70.3 Å². The van der Waals surface area contributed by atoms with E-state index in [1.54, 1.807) is 14.0 Å². The Balaban J connectivity index is 1.55. The number of thiophene rings is 1. The van der Waals surface area contributed by atoms with E-state index >= 15 is 0 Å². The summed E-state index contributed by atoms with van der Waals surface area (Å²) in [6, 6.07) is 7.37. The van der Waals surface area contributed by atoms with Gasteiger partial charge in [0.15, 0.2) is 6.29 Å². The molecule has 4 atom stereocenters. The van der Waals surface area contributed by atoms with Gasteiger partial charge in [0.1, 0.15) is 28.5 Å². The number of rotatable bonds is 9. The predicted octanol–water partition coefficient (Wildman–Crippen LogP) is 3.68. The molecule has 2 bridgehead atoms. The molecule has 1 aromatic carbocycles. The molecule has 42 heavy (non-hydrogen) atoms. The van der Waals surface area contributed by atoms with Gasteiger partial charge in [-0.05, 0) is 32.4 Å². The molecule has 0 amide bonds. The summed E-state index contributed by atoms with van der Waals surface area (Å²) in [5.74, 6) is -0.449. The zero-order valence-corrected chi connectivity index (χ0v) is 24.4. The maximum atomic E-state index is 14.2. The summed E-state index contributed by atoms with van der Waals surface area (Å²) >= 11 is 1.19. The predicted molar refractivity (Wildman–Crippen MR) is 152 cm³/mol. The van der Waals surface area contributed by atoms with Gasteiger partial charge in [0.25, 0.3) is 5.56 Å². The highest BCUT2D eigenvalue weighted by Crippen LogP contribution is 2.39. The fourth-order valence-electron chi connectivity index (χ4n) is 5.65. The van der Waals surface area contributed by atoms with Crippen LogP contribution in [0.2, 0.25) is 0 Å². The number of fused-ring (bicyclic) bond motifs is 3. The molecule has 3 aromatic heterocycles. The van der Waals surface area contributed by atoms with Crippen LogP contribution in [0.3, 0.4) is 0 Å². The molecule has 222 valence electrons. The second kappa shape index (κ2) is 10.8. The van der Waals surface area contributed by atoms with Crippen LogP contribution in [0.4, 0.5) is 0 Å². The number of aliphatic carboxylic acids is 1. The summed E-state index contributed by atoms with van der Waals surface area (Å²) in [5.41, 5.74) is -2.05. The van der Waals surface area contributed by atoms with Gasteiger partial charge in [0.05, 0.1) is 48.9 Å².